The highest BCUT2D eigenvalue weighted by atomic mass is 32.2. The smallest absolute Gasteiger partial charge is 0.247 e. The minimum absolute atomic E-state index is 0.0227. The maximum absolute atomic E-state index is 14.0. The first-order valence-corrected chi connectivity index (χ1v) is 16.0. The van der Waals surface area contributed by atoms with Crippen LogP contribution >= 0.6 is 23.1 Å². The number of nitrogens with zero attached hydrogens (tertiary/aromatic N) is 2. The molecule has 40 heavy (non-hydrogen) atoms. The van der Waals surface area contributed by atoms with E-state index >= 15 is 0 Å². The van der Waals surface area contributed by atoms with E-state index in [-0.39, 0.29) is 28.4 Å². The maximum Gasteiger partial charge on any atom is 0.247 e. The summed E-state index contributed by atoms with van der Waals surface area (Å²) in [5.74, 6) is -0.441. The van der Waals surface area contributed by atoms with E-state index in [2.05, 4.69) is 36.7 Å². The topological polar surface area (TPSA) is 103 Å². The molecule has 1 aliphatic carbocycles. The average molecular weight is 586 g/mol. The average Bonchev–Trinajstić information content (AvgIpc) is 3.58. The van der Waals surface area contributed by atoms with Crippen LogP contribution in [0.25, 0.3) is 11.3 Å². The highest BCUT2D eigenvalue weighted by Gasteiger charge is 2.41. The number of aromatic nitrogens is 1. The van der Waals surface area contributed by atoms with Crippen LogP contribution in [0.5, 0.6) is 0 Å². The zero-order valence-corrected chi connectivity index (χ0v) is 25.9. The molecule has 0 spiro atoms. The van der Waals surface area contributed by atoms with Crippen LogP contribution in [0.4, 0.5) is 5.00 Å². The van der Waals surface area contributed by atoms with Gasteiger partial charge in [-0.2, -0.15) is 0 Å². The Kier molecular flexibility index (Phi) is 10.3. The quantitative estimate of drug-likeness (QED) is 0.345. The minimum Gasteiger partial charge on any atom is -0.343 e. The van der Waals surface area contributed by atoms with Gasteiger partial charge in [0.15, 0.2) is 4.34 Å². The van der Waals surface area contributed by atoms with E-state index in [9.17, 15) is 14.4 Å². The minimum atomic E-state index is -0.616. The van der Waals surface area contributed by atoms with Crippen LogP contribution in [-0.2, 0) is 14.4 Å². The van der Waals surface area contributed by atoms with Gasteiger partial charge in [0.05, 0.1) is 6.04 Å². The van der Waals surface area contributed by atoms with E-state index in [0.717, 1.165) is 54.1 Å². The molecule has 1 aromatic carbocycles. The second-order valence-corrected chi connectivity index (χ2v) is 14.9. The Hall–Kier alpha value is -2.43. The lowest BCUT2D eigenvalue weighted by atomic mass is 9.83. The summed E-state index contributed by atoms with van der Waals surface area (Å²) in [6, 6.07) is 8.26. The number of rotatable bonds is 9. The van der Waals surface area contributed by atoms with Gasteiger partial charge in [0, 0.05) is 16.9 Å². The molecular formula is C30H43N5O3S2. The van der Waals surface area contributed by atoms with Crippen LogP contribution < -0.4 is 16.0 Å². The van der Waals surface area contributed by atoms with Crippen molar-refractivity contribution in [2.24, 2.45) is 5.92 Å². The number of hydrogen-bond acceptors (Lipinski definition) is 7. The molecule has 10 heteroatoms. The van der Waals surface area contributed by atoms with E-state index in [0.29, 0.717) is 18.0 Å². The van der Waals surface area contributed by atoms with Crippen LogP contribution in [0.3, 0.4) is 0 Å². The van der Waals surface area contributed by atoms with Crippen LogP contribution in [0.15, 0.2) is 34.7 Å². The standard InChI is InChI=1S/C30H43N5O3S2/c1-19(31-5)25(36)32-24(21-15-10-7-11-16-21)28(38)35-18-12-17-22(35)26(37)34-27-23(20-13-8-6-9-14-20)33-29(39-27)40-30(2,3)4/h6,8-9,13-14,19,21-22,24,31H,7,10-12,15-18H2,1-5H3,(H,32,36)(H,34,37)/t19-,22-,24-/m0/s1. The summed E-state index contributed by atoms with van der Waals surface area (Å²) in [4.78, 5) is 47.2. The van der Waals surface area contributed by atoms with Crippen molar-refractivity contribution in [1.29, 1.82) is 0 Å². The molecule has 2 aliphatic rings. The Bertz CT molecular complexity index is 1170. The highest BCUT2D eigenvalue weighted by Crippen LogP contribution is 2.42. The Morgan fingerprint density at radius 3 is 2.40 bits per heavy atom. The van der Waals surface area contributed by atoms with Crippen molar-refractivity contribution < 1.29 is 14.4 Å². The molecule has 1 aromatic heterocycles. The number of likely N-dealkylation sites (tertiary alicyclic amines) is 1. The molecule has 1 saturated heterocycles. The second-order valence-electron chi connectivity index (χ2n) is 11.8. The van der Waals surface area contributed by atoms with Crippen LogP contribution in [-0.4, -0.2) is 64.1 Å². The van der Waals surface area contributed by atoms with Crippen molar-refractivity contribution in [2.45, 2.75) is 99.9 Å². The molecule has 2 aromatic rings. The van der Waals surface area contributed by atoms with Gasteiger partial charge < -0.3 is 20.9 Å². The molecule has 1 aliphatic heterocycles. The summed E-state index contributed by atoms with van der Waals surface area (Å²) in [5, 5.41) is 9.84. The van der Waals surface area contributed by atoms with Crippen molar-refractivity contribution in [1.82, 2.24) is 20.5 Å². The Morgan fingerprint density at radius 1 is 1.05 bits per heavy atom. The SMILES string of the molecule is CN[C@@H](C)C(=O)N[C@H](C(=O)N1CCC[C@H]1C(=O)Nc1sc(SC(C)(C)C)nc1-c1ccccc1)C1CCCCC1. The van der Waals surface area contributed by atoms with Crippen LogP contribution in [0.2, 0.25) is 0 Å². The first kappa shape index (κ1) is 30.5. The zero-order valence-electron chi connectivity index (χ0n) is 24.3. The second kappa shape index (κ2) is 13.5. The molecule has 0 unspecified atom stereocenters. The van der Waals surface area contributed by atoms with Crippen LogP contribution in [0.1, 0.15) is 72.6 Å². The normalized spacial score (nSPS) is 19.7. The van der Waals surface area contributed by atoms with E-state index in [4.69, 9.17) is 4.98 Å². The highest BCUT2D eigenvalue weighted by molar-refractivity contribution is 8.02. The lowest BCUT2D eigenvalue weighted by Gasteiger charge is -2.35. The zero-order chi connectivity index (χ0) is 28.9. The predicted octanol–water partition coefficient (Wildman–Crippen LogP) is 5.30. The fraction of sp³-hybridized carbons (Fsp3) is 0.600. The number of likely N-dealkylation sites (N-methyl/N-ethyl adjacent to an activating group) is 1. The largest absolute Gasteiger partial charge is 0.343 e. The fourth-order valence-corrected chi connectivity index (χ4v) is 7.97. The van der Waals surface area contributed by atoms with Gasteiger partial charge in [0.2, 0.25) is 17.7 Å². The summed E-state index contributed by atoms with van der Waals surface area (Å²) < 4.78 is 0.866. The number of carbonyl (C=O) groups is 3. The third-order valence-electron chi connectivity index (χ3n) is 7.63. The predicted molar refractivity (Wildman–Crippen MR) is 164 cm³/mol. The molecule has 2 heterocycles. The van der Waals surface area contributed by atoms with Crippen molar-refractivity contribution in [3.63, 3.8) is 0 Å². The Labute approximate surface area is 246 Å². The van der Waals surface area contributed by atoms with E-state index in [1.807, 2.05) is 30.3 Å². The molecule has 4 rings (SSSR count). The summed E-state index contributed by atoms with van der Waals surface area (Å²) in [6.07, 6.45) is 6.42. The molecule has 1 saturated carbocycles. The molecule has 218 valence electrons. The van der Waals surface area contributed by atoms with Crippen molar-refractivity contribution in [2.75, 3.05) is 18.9 Å². The summed E-state index contributed by atoms with van der Waals surface area (Å²) in [6.45, 7) is 8.72. The third-order valence-corrected chi connectivity index (χ3v) is 9.78. The Morgan fingerprint density at radius 2 is 1.75 bits per heavy atom. The van der Waals surface area contributed by atoms with Crippen molar-refractivity contribution in [3.8, 4) is 11.3 Å². The number of thioether (sulfide) groups is 1. The van der Waals surface area contributed by atoms with Gasteiger partial charge in [-0.25, -0.2) is 4.98 Å². The lowest BCUT2D eigenvalue weighted by Crippen LogP contribution is -2.57. The van der Waals surface area contributed by atoms with Gasteiger partial charge in [-0.05, 0) is 45.6 Å². The Balaban J connectivity index is 1.56. The fourth-order valence-electron chi connectivity index (χ4n) is 5.42. The van der Waals surface area contributed by atoms with Crippen LogP contribution in [0, 0.1) is 5.92 Å². The third kappa shape index (κ3) is 7.64. The number of anilines is 1. The van der Waals surface area contributed by atoms with E-state index < -0.39 is 18.1 Å². The number of hydrogen-bond donors (Lipinski definition) is 3. The molecule has 8 nitrogen and oxygen atoms in total. The molecule has 2 fully saturated rings. The van der Waals surface area contributed by atoms with Gasteiger partial charge in [-0.15, -0.1) is 0 Å². The maximum atomic E-state index is 14.0. The molecular weight excluding hydrogens is 542 g/mol. The number of thiazole rings is 1. The van der Waals surface area contributed by atoms with E-state index in [1.54, 1.807) is 30.6 Å². The van der Waals surface area contributed by atoms with Crippen molar-refractivity contribution >= 4 is 45.8 Å². The van der Waals surface area contributed by atoms with E-state index in [1.165, 1.54) is 11.3 Å². The number of carbonyl (C=O) groups excluding carboxylic acids is 3. The molecule has 3 N–H and O–H groups in total. The van der Waals surface area contributed by atoms with Gasteiger partial charge in [-0.3, -0.25) is 14.4 Å². The number of nitrogens with one attached hydrogen (secondary N) is 3. The van der Waals surface area contributed by atoms with Gasteiger partial charge in [0.25, 0.3) is 0 Å². The van der Waals surface area contributed by atoms with Gasteiger partial charge in [-0.1, -0.05) is 93.5 Å². The van der Waals surface area contributed by atoms with Gasteiger partial charge >= 0.3 is 0 Å². The lowest BCUT2D eigenvalue weighted by molar-refractivity contribution is -0.142. The molecule has 0 radical (unpaired) electrons. The number of amides is 3. The monoisotopic (exact) mass is 585 g/mol. The molecule has 0 bridgehead atoms. The molecule has 3 atom stereocenters. The first-order valence-electron chi connectivity index (χ1n) is 14.4. The first-order chi connectivity index (χ1) is 19.1. The summed E-state index contributed by atoms with van der Waals surface area (Å²) in [7, 11) is 1.73. The van der Waals surface area contributed by atoms with Gasteiger partial charge in [0.1, 0.15) is 22.8 Å². The molecule has 3 amide bonds. The summed E-state index contributed by atoms with van der Waals surface area (Å²) in [5.41, 5.74) is 1.68. The summed E-state index contributed by atoms with van der Waals surface area (Å²) >= 11 is 3.14. The van der Waals surface area contributed by atoms with Crippen molar-refractivity contribution in [3.05, 3.63) is 30.3 Å². The number of benzene rings is 1.